The van der Waals surface area contributed by atoms with Crippen LogP contribution in [0.5, 0.6) is 0 Å². The smallest absolute Gasteiger partial charge is 0.237 e. The van der Waals surface area contributed by atoms with Gasteiger partial charge in [-0.1, -0.05) is 42.5 Å². The zero-order chi connectivity index (χ0) is 12.5. The topological polar surface area (TPSA) is 20.3 Å². The zero-order valence-electron chi connectivity index (χ0n) is 10.6. The van der Waals surface area contributed by atoms with Crippen molar-refractivity contribution in [3.8, 4) is 0 Å². The molecule has 0 unspecified atom stereocenters. The van der Waals surface area contributed by atoms with Crippen molar-refractivity contribution in [1.82, 2.24) is 4.90 Å². The first-order valence-corrected chi connectivity index (χ1v) is 6.20. The molecule has 1 aromatic carbocycles. The minimum absolute atomic E-state index is 0.207. The number of benzene rings is 1. The monoisotopic (exact) mass is 229 g/mol. The van der Waals surface area contributed by atoms with Crippen molar-refractivity contribution in [2.24, 2.45) is 0 Å². The molecule has 1 amide bonds. The van der Waals surface area contributed by atoms with Crippen LogP contribution in [-0.4, -0.2) is 23.9 Å². The highest BCUT2D eigenvalue weighted by molar-refractivity contribution is 5.97. The van der Waals surface area contributed by atoms with Gasteiger partial charge < -0.3 is 4.90 Å². The molecule has 0 spiro atoms. The van der Waals surface area contributed by atoms with Gasteiger partial charge in [0.2, 0.25) is 5.91 Å². The summed E-state index contributed by atoms with van der Waals surface area (Å²) in [6, 6.07) is 10.00. The molecule has 1 atom stereocenters. The lowest BCUT2D eigenvalue weighted by atomic mass is 9.93. The quantitative estimate of drug-likeness (QED) is 0.727. The minimum atomic E-state index is -0.423. The molecule has 0 heterocycles. The zero-order valence-corrected chi connectivity index (χ0v) is 10.6. The van der Waals surface area contributed by atoms with E-state index in [9.17, 15) is 4.79 Å². The maximum Gasteiger partial charge on any atom is 0.237 e. The van der Waals surface area contributed by atoms with Gasteiger partial charge in [0.15, 0.2) is 0 Å². The van der Waals surface area contributed by atoms with Crippen molar-refractivity contribution in [3.63, 3.8) is 0 Å². The Morgan fingerprint density at radius 1 is 1.29 bits per heavy atom. The number of hydrogen-bond acceptors (Lipinski definition) is 1. The van der Waals surface area contributed by atoms with Gasteiger partial charge in [-0.2, -0.15) is 0 Å². The molecule has 2 nitrogen and oxygen atoms in total. The van der Waals surface area contributed by atoms with Gasteiger partial charge in [0.05, 0.1) is 5.41 Å². The van der Waals surface area contributed by atoms with E-state index in [1.807, 2.05) is 49.1 Å². The Morgan fingerprint density at radius 2 is 1.82 bits per heavy atom. The molecule has 0 aromatic heterocycles. The van der Waals surface area contributed by atoms with Crippen LogP contribution >= 0.6 is 0 Å². The molecular weight excluding hydrogens is 210 g/mol. The fraction of sp³-hybridized carbons (Fsp3) is 0.400. The van der Waals surface area contributed by atoms with Crippen LogP contribution in [0.2, 0.25) is 0 Å². The van der Waals surface area contributed by atoms with E-state index in [1.165, 1.54) is 0 Å². The van der Waals surface area contributed by atoms with Crippen LogP contribution in [-0.2, 0) is 10.2 Å². The van der Waals surface area contributed by atoms with Crippen LogP contribution in [0.4, 0.5) is 0 Å². The standard InChI is InChI=1S/C15H19NO/c1-4-16(5-2)14(17)15(11-12(15)3)13-9-7-6-8-10-13/h6-10H,3-5,11H2,1-2H3/t15-/m0/s1. The van der Waals surface area contributed by atoms with Gasteiger partial charge in [-0.15, -0.1) is 0 Å². The van der Waals surface area contributed by atoms with Gasteiger partial charge >= 0.3 is 0 Å². The lowest BCUT2D eigenvalue weighted by Gasteiger charge is -2.25. The first-order chi connectivity index (χ1) is 8.16. The molecule has 1 fully saturated rings. The number of hydrogen-bond donors (Lipinski definition) is 0. The van der Waals surface area contributed by atoms with Gasteiger partial charge in [-0.05, 0) is 25.8 Å². The second kappa shape index (κ2) is 4.36. The average Bonchev–Trinajstić information content (AvgIpc) is 3.05. The Morgan fingerprint density at radius 3 is 2.24 bits per heavy atom. The van der Waals surface area contributed by atoms with Crippen LogP contribution in [0.3, 0.4) is 0 Å². The maximum atomic E-state index is 12.6. The van der Waals surface area contributed by atoms with E-state index in [4.69, 9.17) is 0 Å². The van der Waals surface area contributed by atoms with E-state index >= 15 is 0 Å². The highest BCUT2D eigenvalue weighted by atomic mass is 16.2. The molecule has 0 bridgehead atoms. The summed E-state index contributed by atoms with van der Waals surface area (Å²) in [7, 11) is 0. The van der Waals surface area contributed by atoms with E-state index in [2.05, 4.69) is 6.58 Å². The molecule has 0 saturated heterocycles. The molecule has 1 saturated carbocycles. The fourth-order valence-electron chi connectivity index (χ4n) is 2.44. The lowest BCUT2D eigenvalue weighted by Crippen LogP contribution is -2.39. The molecule has 2 heteroatoms. The molecule has 17 heavy (non-hydrogen) atoms. The number of carbonyl (C=O) groups is 1. The van der Waals surface area contributed by atoms with Crippen molar-refractivity contribution < 1.29 is 4.79 Å². The average molecular weight is 229 g/mol. The predicted molar refractivity (Wildman–Crippen MR) is 69.8 cm³/mol. The summed E-state index contributed by atoms with van der Waals surface area (Å²) in [4.78, 5) is 14.5. The Kier molecular flexibility index (Phi) is 3.05. The summed E-state index contributed by atoms with van der Waals surface area (Å²) in [6.07, 6.45) is 0.798. The van der Waals surface area contributed by atoms with E-state index in [0.29, 0.717) is 0 Å². The van der Waals surface area contributed by atoms with E-state index in [0.717, 1.165) is 30.6 Å². The van der Waals surface area contributed by atoms with E-state index < -0.39 is 5.41 Å². The first kappa shape index (κ1) is 11.9. The van der Waals surface area contributed by atoms with Gasteiger partial charge in [-0.3, -0.25) is 4.79 Å². The SMILES string of the molecule is C=C1C[C@@]1(C(=O)N(CC)CC)c1ccccc1. The van der Waals surface area contributed by atoms with E-state index in [-0.39, 0.29) is 5.91 Å². The normalized spacial score (nSPS) is 22.4. The Hall–Kier alpha value is -1.57. The van der Waals surface area contributed by atoms with Crippen LogP contribution in [0.25, 0.3) is 0 Å². The summed E-state index contributed by atoms with van der Waals surface area (Å²) >= 11 is 0. The van der Waals surface area contributed by atoms with Crippen molar-refractivity contribution in [2.75, 3.05) is 13.1 Å². The summed E-state index contributed by atoms with van der Waals surface area (Å²) in [6.45, 7) is 9.58. The highest BCUT2D eigenvalue weighted by Gasteiger charge is 2.56. The van der Waals surface area contributed by atoms with Crippen molar-refractivity contribution >= 4 is 5.91 Å². The maximum absolute atomic E-state index is 12.6. The Bertz CT molecular complexity index is 433. The van der Waals surface area contributed by atoms with E-state index in [1.54, 1.807) is 0 Å². The molecule has 0 aliphatic heterocycles. The molecule has 1 aromatic rings. The molecule has 0 N–H and O–H groups in total. The van der Waals surface area contributed by atoms with Crippen molar-refractivity contribution in [1.29, 1.82) is 0 Å². The molecule has 90 valence electrons. The fourth-order valence-corrected chi connectivity index (χ4v) is 2.44. The molecule has 2 rings (SSSR count). The third-order valence-corrected chi connectivity index (χ3v) is 3.64. The molecule has 1 aliphatic carbocycles. The van der Waals surface area contributed by atoms with Crippen molar-refractivity contribution in [2.45, 2.75) is 25.7 Å². The van der Waals surface area contributed by atoms with Crippen LogP contribution < -0.4 is 0 Å². The summed E-state index contributed by atoms with van der Waals surface area (Å²) in [5.41, 5.74) is 1.70. The predicted octanol–water partition coefficient (Wildman–Crippen LogP) is 2.75. The Labute approximate surface area is 103 Å². The molecule has 1 aliphatic rings. The second-order valence-corrected chi connectivity index (χ2v) is 4.53. The van der Waals surface area contributed by atoms with Crippen LogP contribution in [0, 0.1) is 0 Å². The number of carbonyl (C=O) groups excluding carboxylic acids is 1. The second-order valence-electron chi connectivity index (χ2n) is 4.53. The third kappa shape index (κ3) is 1.78. The van der Waals surface area contributed by atoms with Gasteiger partial charge in [0, 0.05) is 13.1 Å². The number of likely N-dealkylation sites (N-methyl/N-ethyl adjacent to an activating group) is 1. The molecular formula is C15H19NO. The summed E-state index contributed by atoms with van der Waals surface area (Å²) < 4.78 is 0. The highest BCUT2D eigenvalue weighted by Crippen LogP contribution is 2.53. The number of rotatable bonds is 4. The van der Waals surface area contributed by atoms with Crippen LogP contribution in [0.1, 0.15) is 25.8 Å². The van der Waals surface area contributed by atoms with Crippen molar-refractivity contribution in [3.05, 3.63) is 48.0 Å². The third-order valence-electron chi connectivity index (χ3n) is 3.64. The van der Waals surface area contributed by atoms with Gasteiger partial charge in [0.25, 0.3) is 0 Å². The number of amides is 1. The van der Waals surface area contributed by atoms with Gasteiger partial charge in [0.1, 0.15) is 0 Å². The summed E-state index contributed by atoms with van der Waals surface area (Å²) in [5.74, 6) is 0.207. The number of nitrogens with zero attached hydrogens (tertiary/aromatic N) is 1. The van der Waals surface area contributed by atoms with Gasteiger partial charge in [-0.25, -0.2) is 0 Å². The molecule has 0 radical (unpaired) electrons. The van der Waals surface area contributed by atoms with Crippen LogP contribution in [0.15, 0.2) is 42.5 Å². The Balaban J connectivity index is 2.34. The lowest BCUT2D eigenvalue weighted by molar-refractivity contribution is -0.133. The minimum Gasteiger partial charge on any atom is -0.342 e. The summed E-state index contributed by atoms with van der Waals surface area (Å²) in [5, 5.41) is 0. The first-order valence-electron chi connectivity index (χ1n) is 6.20. The largest absolute Gasteiger partial charge is 0.342 e.